The monoisotopic (exact) mass is 397 g/mol. The van der Waals surface area contributed by atoms with Gasteiger partial charge in [0.05, 0.1) is 6.61 Å². The van der Waals surface area contributed by atoms with Gasteiger partial charge in [0.15, 0.2) is 11.6 Å². The summed E-state index contributed by atoms with van der Waals surface area (Å²) in [5.41, 5.74) is 2.43. The molecule has 0 saturated carbocycles. The number of carbonyl (C=O) groups excluding carboxylic acids is 1. The highest BCUT2D eigenvalue weighted by molar-refractivity contribution is 5.76. The third kappa shape index (κ3) is 4.89. The third-order valence-corrected chi connectivity index (χ3v) is 5.77. The maximum absolute atomic E-state index is 13.7. The minimum atomic E-state index is -0.342. The predicted molar refractivity (Wildman–Crippen MR) is 110 cm³/mol. The second-order valence-corrected chi connectivity index (χ2v) is 8.16. The summed E-state index contributed by atoms with van der Waals surface area (Å²) in [5.74, 6) is 1.34. The van der Waals surface area contributed by atoms with E-state index in [-0.39, 0.29) is 29.5 Å². The van der Waals surface area contributed by atoms with Gasteiger partial charge in [-0.15, -0.1) is 0 Å². The molecule has 154 valence electrons. The molecular formula is C24H28FNO3. The van der Waals surface area contributed by atoms with Crippen molar-refractivity contribution in [3.63, 3.8) is 0 Å². The van der Waals surface area contributed by atoms with Crippen molar-refractivity contribution in [3.05, 3.63) is 59.4 Å². The van der Waals surface area contributed by atoms with Crippen molar-refractivity contribution in [2.75, 3.05) is 19.7 Å². The molecule has 2 heterocycles. The van der Waals surface area contributed by atoms with E-state index in [1.165, 1.54) is 17.2 Å². The molecule has 2 aliphatic rings. The molecule has 2 aromatic carbocycles. The van der Waals surface area contributed by atoms with Crippen LogP contribution in [0.15, 0.2) is 42.5 Å². The first-order valence-corrected chi connectivity index (χ1v) is 10.5. The minimum absolute atomic E-state index is 0.186. The van der Waals surface area contributed by atoms with Crippen LogP contribution in [0.25, 0.3) is 0 Å². The Morgan fingerprint density at radius 2 is 2.14 bits per heavy atom. The molecule has 0 N–H and O–H groups in total. The number of ether oxygens (including phenoxy) is 2. The van der Waals surface area contributed by atoms with Gasteiger partial charge >= 0.3 is 0 Å². The molecule has 4 nitrogen and oxygen atoms in total. The van der Waals surface area contributed by atoms with Crippen LogP contribution in [-0.4, -0.2) is 36.6 Å². The van der Waals surface area contributed by atoms with Crippen LogP contribution < -0.4 is 9.47 Å². The highest BCUT2D eigenvalue weighted by Crippen LogP contribution is 2.30. The van der Waals surface area contributed by atoms with Crippen LogP contribution in [0, 0.1) is 11.7 Å². The number of carbonyl (C=O) groups is 1. The molecule has 0 radical (unpaired) electrons. The van der Waals surface area contributed by atoms with Crippen molar-refractivity contribution < 1.29 is 18.7 Å². The van der Waals surface area contributed by atoms with Gasteiger partial charge in [0.25, 0.3) is 0 Å². The van der Waals surface area contributed by atoms with Gasteiger partial charge in [-0.25, -0.2) is 4.39 Å². The predicted octanol–water partition coefficient (Wildman–Crippen LogP) is 4.40. The maximum Gasteiger partial charge on any atom is 0.222 e. The fraction of sp³-hybridized carbons (Fsp3) is 0.458. The van der Waals surface area contributed by atoms with E-state index in [1.807, 2.05) is 11.0 Å². The van der Waals surface area contributed by atoms with Gasteiger partial charge in [-0.3, -0.25) is 4.79 Å². The number of aryl methyl sites for hydroxylation is 1. The molecule has 2 atom stereocenters. The second-order valence-electron chi connectivity index (χ2n) is 8.16. The molecule has 1 amide bonds. The quantitative estimate of drug-likeness (QED) is 0.725. The van der Waals surface area contributed by atoms with Gasteiger partial charge in [-0.05, 0) is 55.5 Å². The topological polar surface area (TPSA) is 38.8 Å². The first kappa shape index (κ1) is 19.7. The van der Waals surface area contributed by atoms with Crippen molar-refractivity contribution in [3.8, 4) is 11.5 Å². The van der Waals surface area contributed by atoms with Crippen LogP contribution in [-0.2, 0) is 17.6 Å². The molecule has 5 heteroatoms. The second kappa shape index (κ2) is 8.85. The number of hydrogen-bond donors (Lipinski definition) is 0. The van der Waals surface area contributed by atoms with Gasteiger partial charge in [-0.1, -0.05) is 24.3 Å². The number of para-hydroxylation sites is 1. The van der Waals surface area contributed by atoms with Crippen LogP contribution in [0.1, 0.15) is 37.3 Å². The highest BCUT2D eigenvalue weighted by Gasteiger charge is 2.24. The average Bonchev–Trinajstić information content (AvgIpc) is 3.11. The largest absolute Gasteiger partial charge is 0.490 e. The fourth-order valence-corrected chi connectivity index (χ4v) is 4.24. The number of nitrogens with zero attached hydrogens (tertiary/aromatic N) is 1. The normalized spacial score (nSPS) is 20.8. The van der Waals surface area contributed by atoms with Gasteiger partial charge < -0.3 is 14.4 Å². The van der Waals surface area contributed by atoms with E-state index < -0.39 is 0 Å². The van der Waals surface area contributed by atoms with E-state index >= 15 is 0 Å². The Morgan fingerprint density at radius 3 is 3.00 bits per heavy atom. The van der Waals surface area contributed by atoms with Crippen LogP contribution in [0.3, 0.4) is 0 Å². The van der Waals surface area contributed by atoms with E-state index in [1.54, 1.807) is 18.2 Å². The molecule has 1 saturated heterocycles. The van der Waals surface area contributed by atoms with Crippen molar-refractivity contribution in [1.29, 1.82) is 0 Å². The summed E-state index contributed by atoms with van der Waals surface area (Å²) in [6.45, 7) is 3.99. The Balaban J connectivity index is 1.27. The lowest BCUT2D eigenvalue weighted by Gasteiger charge is -2.32. The average molecular weight is 397 g/mol. The molecule has 2 aliphatic heterocycles. The maximum atomic E-state index is 13.7. The Bertz CT molecular complexity index is 869. The summed E-state index contributed by atoms with van der Waals surface area (Å²) in [4.78, 5) is 14.7. The first-order chi connectivity index (χ1) is 14.1. The number of fused-ring (bicyclic) bond motifs is 1. The standard InChI is InChI=1S/C24H28FNO3/c1-17-13-20-14-18(8-10-22(20)29-17)9-11-24(27)26-12-4-5-19(15-26)16-28-23-7-3-2-6-21(23)25/h2-3,6-8,10,14,17,19H,4-5,9,11-13,15-16H2,1H3/t17-,19+/m0/s1. The number of hydrogen-bond acceptors (Lipinski definition) is 3. The van der Waals surface area contributed by atoms with E-state index in [2.05, 4.69) is 19.1 Å². The summed E-state index contributed by atoms with van der Waals surface area (Å²) >= 11 is 0. The highest BCUT2D eigenvalue weighted by atomic mass is 19.1. The number of benzene rings is 2. The van der Waals surface area contributed by atoms with Crippen LogP contribution in [0.4, 0.5) is 4.39 Å². The summed E-state index contributed by atoms with van der Waals surface area (Å²) in [5, 5.41) is 0. The van der Waals surface area contributed by atoms with E-state index in [9.17, 15) is 9.18 Å². The molecule has 0 unspecified atom stereocenters. The van der Waals surface area contributed by atoms with Gasteiger partial charge in [-0.2, -0.15) is 0 Å². The Hall–Kier alpha value is -2.56. The molecule has 0 aromatic heterocycles. The number of amides is 1. The van der Waals surface area contributed by atoms with Crippen molar-refractivity contribution in [2.24, 2.45) is 5.92 Å². The zero-order chi connectivity index (χ0) is 20.2. The molecule has 2 aromatic rings. The van der Waals surface area contributed by atoms with Crippen molar-refractivity contribution >= 4 is 5.91 Å². The zero-order valence-corrected chi connectivity index (χ0v) is 16.9. The summed E-state index contributed by atoms with van der Waals surface area (Å²) < 4.78 is 25.1. The summed E-state index contributed by atoms with van der Waals surface area (Å²) in [7, 11) is 0. The van der Waals surface area contributed by atoms with E-state index in [4.69, 9.17) is 9.47 Å². The fourth-order valence-electron chi connectivity index (χ4n) is 4.24. The van der Waals surface area contributed by atoms with Crippen LogP contribution >= 0.6 is 0 Å². The number of piperidine rings is 1. The van der Waals surface area contributed by atoms with Gasteiger partial charge in [0.2, 0.25) is 5.91 Å². The summed E-state index contributed by atoms with van der Waals surface area (Å²) in [6.07, 6.45) is 4.39. The lowest BCUT2D eigenvalue weighted by molar-refractivity contribution is -0.133. The first-order valence-electron chi connectivity index (χ1n) is 10.5. The van der Waals surface area contributed by atoms with Crippen molar-refractivity contribution in [1.82, 2.24) is 4.90 Å². The van der Waals surface area contributed by atoms with Crippen LogP contribution in [0.5, 0.6) is 11.5 Å². The lowest BCUT2D eigenvalue weighted by Crippen LogP contribution is -2.41. The molecular weight excluding hydrogens is 369 g/mol. The summed E-state index contributed by atoms with van der Waals surface area (Å²) in [6, 6.07) is 12.7. The smallest absolute Gasteiger partial charge is 0.222 e. The molecule has 4 rings (SSSR count). The Kier molecular flexibility index (Phi) is 6.02. The van der Waals surface area contributed by atoms with Crippen LogP contribution in [0.2, 0.25) is 0 Å². The number of likely N-dealkylation sites (tertiary alicyclic amines) is 1. The molecule has 0 spiro atoms. The number of rotatable bonds is 6. The zero-order valence-electron chi connectivity index (χ0n) is 16.9. The van der Waals surface area contributed by atoms with E-state index in [0.29, 0.717) is 19.6 Å². The Morgan fingerprint density at radius 1 is 1.28 bits per heavy atom. The van der Waals surface area contributed by atoms with Gasteiger partial charge in [0, 0.05) is 31.8 Å². The van der Waals surface area contributed by atoms with Crippen molar-refractivity contribution in [2.45, 2.75) is 45.1 Å². The lowest BCUT2D eigenvalue weighted by atomic mass is 9.98. The minimum Gasteiger partial charge on any atom is -0.490 e. The molecule has 1 fully saturated rings. The molecule has 29 heavy (non-hydrogen) atoms. The third-order valence-electron chi connectivity index (χ3n) is 5.77. The molecule has 0 bridgehead atoms. The van der Waals surface area contributed by atoms with E-state index in [0.717, 1.165) is 38.0 Å². The number of halogens is 1. The molecule has 0 aliphatic carbocycles. The van der Waals surface area contributed by atoms with Gasteiger partial charge in [0.1, 0.15) is 11.9 Å². The Labute approximate surface area is 171 Å². The SMILES string of the molecule is C[C@H]1Cc2cc(CCC(=O)N3CCC[C@@H](COc4ccccc4F)C3)ccc2O1.